The van der Waals surface area contributed by atoms with Crippen molar-refractivity contribution in [2.24, 2.45) is 5.14 Å². The Bertz CT molecular complexity index is 336. The molecule has 0 aliphatic rings. The summed E-state index contributed by atoms with van der Waals surface area (Å²) in [6, 6.07) is 5.51. The second-order valence-electron chi connectivity index (χ2n) is 2.52. The van der Waals surface area contributed by atoms with Crippen molar-refractivity contribution >= 4 is 21.7 Å². The number of ether oxygens (including phenoxy) is 1. The van der Waals surface area contributed by atoms with Crippen LogP contribution < -0.4 is 15.6 Å². The van der Waals surface area contributed by atoms with Crippen LogP contribution in [-0.4, -0.2) is 12.5 Å². The van der Waals surface area contributed by atoms with E-state index >= 15 is 0 Å². The number of hydrogen-bond donors (Lipinski definition) is 2. The maximum absolute atomic E-state index is 5.87. The number of nitrogen functional groups attached to an aromatic ring is 1. The summed E-state index contributed by atoms with van der Waals surface area (Å²) < 4.78 is 5.18. The summed E-state index contributed by atoms with van der Waals surface area (Å²) in [4.78, 5) is 0.985. The number of nitrogens with two attached hydrogens (primary N) is 2. The number of benzene rings is 1. The Labute approximate surface area is 80.7 Å². The van der Waals surface area contributed by atoms with Gasteiger partial charge in [-0.3, -0.25) is 5.14 Å². The van der Waals surface area contributed by atoms with Gasteiger partial charge in [0, 0.05) is 11.8 Å². The molecule has 0 spiro atoms. The van der Waals surface area contributed by atoms with Crippen LogP contribution in [0.3, 0.4) is 0 Å². The van der Waals surface area contributed by atoms with Gasteiger partial charge < -0.3 is 10.5 Å². The Morgan fingerprint density at radius 1 is 1.46 bits per heavy atom. The highest BCUT2D eigenvalue weighted by molar-refractivity contribution is 8.13. The van der Waals surface area contributed by atoms with Crippen molar-refractivity contribution in [3.63, 3.8) is 0 Å². The first kappa shape index (κ1) is 10.1. The molecular formula is C9H14N2OS. The molecule has 0 radical (unpaired) electrons. The van der Waals surface area contributed by atoms with Gasteiger partial charge in [-0.25, -0.2) is 0 Å². The lowest BCUT2D eigenvalue weighted by atomic mass is 10.3. The molecule has 0 fully saturated rings. The SMILES string of the molecule is C/C=S(\N)c1ccc(N)cc1OC. The largest absolute Gasteiger partial charge is 0.495 e. The molecule has 1 rings (SSSR count). The maximum atomic E-state index is 5.87. The van der Waals surface area contributed by atoms with Gasteiger partial charge in [0.25, 0.3) is 0 Å². The number of anilines is 1. The molecule has 3 nitrogen and oxygen atoms in total. The van der Waals surface area contributed by atoms with Crippen LogP contribution >= 0.6 is 10.7 Å². The summed E-state index contributed by atoms with van der Waals surface area (Å²) in [6.45, 7) is 1.93. The van der Waals surface area contributed by atoms with Gasteiger partial charge in [-0.1, -0.05) is 10.7 Å². The molecule has 1 unspecified atom stereocenters. The molecule has 0 aromatic heterocycles. The first-order valence-electron chi connectivity index (χ1n) is 3.89. The van der Waals surface area contributed by atoms with Gasteiger partial charge >= 0.3 is 0 Å². The normalized spacial score (nSPS) is 12.8. The Kier molecular flexibility index (Phi) is 3.33. The Balaban J connectivity index is 3.21. The molecule has 0 heterocycles. The van der Waals surface area contributed by atoms with Crippen molar-refractivity contribution in [2.75, 3.05) is 12.8 Å². The number of methoxy groups -OCH3 is 1. The van der Waals surface area contributed by atoms with Crippen LogP contribution in [0.5, 0.6) is 5.75 Å². The molecule has 4 heteroatoms. The highest BCUT2D eigenvalue weighted by Gasteiger charge is 2.03. The van der Waals surface area contributed by atoms with Crippen molar-refractivity contribution < 1.29 is 4.74 Å². The van der Waals surface area contributed by atoms with Gasteiger partial charge in [0.05, 0.1) is 12.0 Å². The summed E-state index contributed by atoms with van der Waals surface area (Å²) in [7, 11) is 1.25. The van der Waals surface area contributed by atoms with E-state index in [9.17, 15) is 0 Å². The molecule has 0 bridgehead atoms. The topological polar surface area (TPSA) is 61.3 Å². The molecule has 0 saturated carbocycles. The van der Waals surface area contributed by atoms with Gasteiger partial charge in [-0.15, -0.1) is 0 Å². The Morgan fingerprint density at radius 3 is 2.69 bits per heavy atom. The van der Waals surface area contributed by atoms with E-state index < -0.39 is 0 Å². The smallest absolute Gasteiger partial charge is 0.135 e. The number of hydrogen-bond acceptors (Lipinski definition) is 3. The minimum Gasteiger partial charge on any atom is -0.495 e. The summed E-state index contributed by atoms with van der Waals surface area (Å²) in [6.07, 6.45) is 0. The predicted octanol–water partition coefficient (Wildman–Crippen LogP) is 1.60. The highest BCUT2D eigenvalue weighted by atomic mass is 32.2. The third-order valence-corrected chi connectivity index (χ3v) is 3.05. The monoisotopic (exact) mass is 198 g/mol. The van der Waals surface area contributed by atoms with Crippen LogP contribution in [-0.2, 0) is 0 Å². The van der Waals surface area contributed by atoms with Crippen LogP contribution in [0, 0.1) is 0 Å². The minimum atomic E-state index is -0.366. The fourth-order valence-electron chi connectivity index (χ4n) is 1.01. The van der Waals surface area contributed by atoms with Crippen molar-refractivity contribution in [1.82, 2.24) is 0 Å². The van der Waals surface area contributed by atoms with E-state index in [1.165, 1.54) is 0 Å². The van der Waals surface area contributed by atoms with Crippen molar-refractivity contribution in [3.05, 3.63) is 18.2 Å². The first-order valence-corrected chi connectivity index (χ1v) is 5.24. The molecule has 0 saturated heterocycles. The van der Waals surface area contributed by atoms with Crippen molar-refractivity contribution in [2.45, 2.75) is 11.8 Å². The first-order chi connectivity index (χ1) is 6.19. The molecule has 1 aromatic carbocycles. The molecule has 0 aliphatic carbocycles. The highest BCUT2D eigenvalue weighted by Crippen LogP contribution is 2.31. The molecule has 0 aliphatic heterocycles. The second-order valence-corrected chi connectivity index (χ2v) is 4.17. The van der Waals surface area contributed by atoms with Crippen LogP contribution in [0.2, 0.25) is 0 Å². The zero-order valence-electron chi connectivity index (χ0n) is 7.78. The van der Waals surface area contributed by atoms with E-state index in [1.54, 1.807) is 13.2 Å². The molecule has 4 N–H and O–H groups in total. The lowest BCUT2D eigenvalue weighted by molar-refractivity contribution is 0.405. The summed E-state index contributed by atoms with van der Waals surface area (Å²) in [5.41, 5.74) is 6.31. The fourth-order valence-corrected chi connectivity index (χ4v) is 1.86. The molecule has 0 amide bonds. The average molecular weight is 198 g/mol. The van der Waals surface area contributed by atoms with E-state index in [1.807, 2.05) is 24.4 Å². The lowest BCUT2D eigenvalue weighted by Crippen LogP contribution is -1.95. The summed E-state index contributed by atoms with van der Waals surface area (Å²) in [5.74, 6) is 0.754. The van der Waals surface area contributed by atoms with Crippen LogP contribution in [0.25, 0.3) is 0 Å². The zero-order chi connectivity index (χ0) is 9.84. The van der Waals surface area contributed by atoms with E-state index in [0.29, 0.717) is 5.69 Å². The molecular weight excluding hydrogens is 184 g/mol. The standard InChI is InChI=1S/C9H14N2OS/c1-3-13(11)9-5-4-7(10)6-8(9)12-2/h3-6H,10-11H2,1-2H3. The van der Waals surface area contributed by atoms with Gasteiger partial charge in [0.15, 0.2) is 0 Å². The third-order valence-electron chi connectivity index (χ3n) is 1.70. The quantitative estimate of drug-likeness (QED) is 0.560. The Morgan fingerprint density at radius 2 is 2.15 bits per heavy atom. The third kappa shape index (κ3) is 2.23. The molecule has 13 heavy (non-hydrogen) atoms. The number of rotatable bonds is 2. The van der Waals surface area contributed by atoms with Crippen LogP contribution in [0.15, 0.2) is 23.1 Å². The molecule has 1 aromatic rings. The van der Waals surface area contributed by atoms with Crippen LogP contribution in [0.4, 0.5) is 5.69 Å². The zero-order valence-corrected chi connectivity index (χ0v) is 8.60. The summed E-state index contributed by atoms with van der Waals surface area (Å²) in [5, 5.41) is 7.81. The molecule has 1 atom stereocenters. The second kappa shape index (κ2) is 4.30. The van der Waals surface area contributed by atoms with E-state index in [4.69, 9.17) is 15.6 Å². The molecule has 72 valence electrons. The predicted molar refractivity (Wildman–Crippen MR) is 59.2 cm³/mol. The van der Waals surface area contributed by atoms with Gasteiger partial charge in [0.2, 0.25) is 0 Å². The average Bonchev–Trinajstić information content (AvgIpc) is 2.16. The van der Waals surface area contributed by atoms with Crippen molar-refractivity contribution in [3.8, 4) is 5.75 Å². The minimum absolute atomic E-state index is 0.366. The fraction of sp³-hybridized carbons (Fsp3) is 0.222. The Hall–Kier alpha value is -1.00. The maximum Gasteiger partial charge on any atom is 0.135 e. The van der Waals surface area contributed by atoms with Gasteiger partial charge in [0.1, 0.15) is 5.75 Å². The van der Waals surface area contributed by atoms with E-state index in [-0.39, 0.29) is 10.7 Å². The van der Waals surface area contributed by atoms with Gasteiger partial charge in [-0.2, -0.15) is 0 Å². The lowest BCUT2D eigenvalue weighted by Gasteiger charge is -2.09. The van der Waals surface area contributed by atoms with Crippen LogP contribution in [0.1, 0.15) is 6.92 Å². The van der Waals surface area contributed by atoms with Crippen molar-refractivity contribution in [1.29, 1.82) is 0 Å². The van der Waals surface area contributed by atoms with Gasteiger partial charge in [-0.05, 0) is 24.4 Å². The van der Waals surface area contributed by atoms with E-state index in [2.05, 4.69) is 0 Å². The van der Waals surface area contributed by atoms with E-state index in [0.717, 1.165) is 10.6 Å². The summed E-state index contributed by atoms with van der Waals surface area (Å²) >= 11 is 0.